The van der Waals surface area contributed by atoms with Crippen molar-refractivity contribution in [3.05, 3.63) is 28.2 Å². The minimum atomic E-state index is -1.07. The Morgan fingerprint density at radius 1 is 1.53 bits per heavy atom. The van der Waals surface area contributed by atoms with Crippen LogP contribution in [0.4, 0.5) is 5.69 Å². The zero-order valence-electron chi connectivity index (χ0n) is 9.86. The molecule has 0 fully saturated rings. The van der Waals surface area contributed by atoms with Crippen molar-refractivity contribution in [1.82, 2.24) is 0 Å². The molecule has 0 radical (unpaired) electrons. The summed E-state index contributed by atoms with van der Waals surface area (Å²) in [6.07, 6.45) is 0. The molecule has 0 aromatic heterocycles. The summed E-state index contributed by atoms with van der Waals surface area (Å²) in [5.74, 6) is -0.938. The quantitative estimate of drug-likeness (QED) is 0.931. The number of benzene rings is 1. The van der Waals surface area contributed by atoms with Gasteiger partial charge in [-0.25, -0.2) is 4.79 Å². The zero-order chi connectivity index (χ0) is 13.2. The molecule has 0 aliphatic heterocycles. The molecule has 1 aromatic carbocycles. The maximum atomic E-state index is 11.2. The van der Waals surface area contributed by atoms with E-state index < -0.39 is 11.5 Å². The summed E-state index contributed by atoms with van der Waals surface area (Å²) in [4.78, 5) is 12.8. The molecule has 0 atom stereocenters. The molecule has 0 amide bonds. The number of hydrogen-bond donors (Lipinski definition) is 1. The summed E-state index contributed by atoms with van der Waals surface area (Å²) in [5.41, 5.74) is -0.0290. The minimum absolute atomic E-state index is 0.441. The molecular weight excluding hydrogens is 284 g/mol. The second-order valence-corrected chi connectivity index (χ2v) is 5.11. The first-order chi connectivity index (χ1) is 7.80. The summed E-state index contributed by atoms with van der Waals surface area (Å²) in [5, 5.41) is 18.2. The van der Waals surface area contributed by atoms with Gasteiger partial charge < -0.3 is 10.0 Å². The third-order valence-corrected chi connectivity index (χ3v) is 3.30. The Morgan fingerprint density at radius 3 is 2.59 bits per heavy atom. The molecule has 1 rings (SSSR count). The lowest BCUT2D eigenvalue weighted by atomic mass is 10.0. The molecule has 0 aliphatic carbocycles. The Morgan fingerprint density at radius 2 is 2.12 bits per heavy atom. The Labute approximate surface area is 109 Å². The molecule has 0 heterocycles. The summed E-state index contributed by atoms with van der Waals surface area (Å²) >= 11 is 3.28. The van der Waals surface area contributed by atoms with Crippen LogP contribution in [0.1, 0.15) is 19.4 Å². The highest BCUT2D eigenvalue weighted by atomic mass is 79.9. The van der Waals surface area contributed by atoms with Crippen LogP contribution in [-0.4, -0.2) is 23.7 Å². The van der Waals surface area contributed by atoms with Gasteiger partial charge in [-0.2, -0.15) is 5.26 Å². The molecular formula is C12H13BrN2O2. The van der Waals surface area contributed by atoms with Gasteiger partial charge in [0, 0.05) is 11.5 Å². The van der Waals surface area contributed by atoms with E-state index in [4.69, 9.17) is 10.4 Å². The fraction of sp³-hybridized carbons (Fsp3) is 0.333. The number of halogens is 1. The Bertz CT molecular complexity index is 492. The van der Waals surface area contributed by atoms with Crippen molar-refractivity contribution >= 4 is 27.6 Å². The van der Waals surface area contributed by atoms with Gasteiger partial charge in [0.15, 0.2) is 0 Å². The lowest BCUT2D eigenvalue weighted by molar-refractivity contribution is -0.142. The molecule has 0 saturated heterocycles. The molecule has 4 nitrogen and oxygen atoms in total. The van der Waals surface area contributed by atoms with Crippen LogP contribution in [0.2, 0.25) is 0 Å². The fourth-order valence-corrected chi connectivity index (χ4v) is 1.70. The van der Waals surface area contributed by atoms with Gasteiger partial charge in [0.05, 0.1) is 11.3 Å². The van der Waals surface area contributed by atoms with Crippen molar-refractivity contribution < 1.29 is 9.90 Å². The first-order valence-corrected chi connectivity index (χ1v) is 5.77. The molecule has 1 N–H and O–H groups in total. The van der Waals surface area contributed by atoms with Crippen LogP contribution < -0.4 is 4.90 Å². The SMILES string of the molecule is CN(c1ccc(Br)cc1C#N)C(C)(C)C(=O)O. The molecule has 0 bridgehead atoms. The number of carboxylic acid groups (broad SMARTS) is 1. The molecule has 1 aromatic rings. The van der Waals surface area contributed by atoms with Gasteiger partial charge in [-0.1, -0.05) is 15.9 Å². The van der Waals surface area contributed by atoms with E-state index in [0.29, 0.717) is 11.3 Å². The maximum absolute atomic E-state index is 11.2. The predicted molar refractivity (Wildman–Crippen MR) is 69.0 cm³/mol. The van der Waals surface area contributed by atoms with E-state index >= 15 is 0 Å². The standard InChI is InChI=1S/C12H13BrN2O2/c1-12(2,11(16)17)15(3)10-5-4-9(13)6-8(10)7-14/h4-6H,1-3H3,(H,16,17). The van der Waals surface area contributed by atoms with Gasteiger partial charge in [-0.15, -0.1) is 0 Å². The number of hydrogen-bond acceptors (Lipinski definition) is 3. The molecule has 90 valence electrons. The van der Waals surface area contributed by atoms with Crippen molar-refractivity contribution in [3.8, 4) is 6.07 Å². The number of carbonyl (C=O) groups is 1. The molecule has 17 heavy (non-hydrogen) atoms. The number of aliphatic carboxylic acids is 1. The topological polar surface area (TPSA) is 64.3 Å². The van der Waals surface area contributed by atoms with Crippen LogP contribution in [0.3, 0.4) is 0 Å². The predicted octanol–water partition coefficient (Wildman–Crippen LogP) is 2.62. The van der Waals surface area contributed by atoms with Crippen molar-refractivity contribution in [2.45, 2.75) is 19.4 Å². The van der Waals surface area contributed by atoms with E-state index in [1.54, 1.807) is 44.0 Å². The minimum Gasteiger partial charge on any atom is -0.480 e. The van der Waals surface area contributed by atoms with Crippen molar-refractivity contribution in [2.75, 3.05) is 11.9 Å². The zero-order valence-corrected chi connectivity index (χ0v) is 11.4. The number of anilines is 1. The second-order valence-electron chi connectivity index (χ2n) is 4.20. The summed E-state index contributed by atoms with van der Waals surface area (Å²) < 4.78 is 0.791. The first kappa shape index (κ1) is 13.5. The third-order valence-electron chi connectivity index (χ3n) is 2.80. The molecule has 0 saturated carbocycles. The van der Waals surface area contributed by atoms with Gasteiger partial charge in [0.25, 0.3) is 0 Å². The van der Waals surface area contributed by atoms with E-state index in [9.17, 15) is 4.79 Å². The molecule has 0 aliphatic rings. The molecule has 0 unspecified atom stereocenters. The first-order valence-electron chi connectivity index (χ1n) is 4.97. The van der Waals surface area contributed by atoms with Gasteiger partial charge >= 0.3 is 5.97 Å². The lowest BCUT2D eigenvalue weighted by Crippen LogP contribution is -2.48. The average molecular weight is 297 g/mol. The van der Waals surface area contributed by atoms with Crippen LogP contribution in [0.5, 0.6) is 0 Å². The highest BCUT2D eigenvalue weighted by molar-refractivity contribution is 9.10. The number of likely N-dealkylation sites (N-methyl/N-ethyl adjacent to an activating group) is 1. The van der Waals surface area contributed by atoms with Crippen molar-refractivity contribution in [3.63, 3.8) is 0 Å². The van der Waals surface area contributed by atoms with E-state index in [2.05, 4.69) is 22.0 Å². The number of carboxylic acids is 1. The van der Waals surface area contributed by atoms with Crippen LogP contribution in [0, 0.1) is 11.3 Å². The lowest BCUT2D eigenvalue weighted by Gasteiger charge is -2.34. The van der Waals surface area contributed by atoms with E-state index in [1.807, 2.05) is 0 Å². The Balaban J connectivity index is 3.27. The van der Waals surface area contributed by atoms with E-state index in [0.717, 1.165) is 4.47 Å². The normalized spacial score (nSPS) is 10.8. The largest absolute Gasteiger partial charge is 0.480 e. The smallest absolute Gasteiger partial charge is 0.328 e. The number of nitrogens with zero attached hydrogens (tertiary/aromatic N) is 2. The highest BCUT2D eigenvalue weighted by Crippen LogP contribution is 2.28. The third kappa shape index (κ3) is 2.59. The monoisotopic (exact) mass is 296 g/mol. The van der Waals surface area contributed by atoms with Crippen molar-refractivity contribution in [1.29, 1.82) is 5.26 Å². The van der Waals surface area contributed by atoms with Gasteiger partial charge in [-0.3, -0.25) is 0 Å². The van der Waals surface area contributed by atoms with E-state index in [-0.39, 0.29) is 0 Å². The Hall–Kier alpha value is -1.54. The fourth-order valence-electron chi connectivity index (χ4n) is 1.33. The Kier molecular flexibility index (Phi) is 3.79. The molecule has 5 heteroatoms. The molecule has 0 spiro atoms. The van der Waals surface area contributed by atoms with Crippen LogP contribution >= 0.6 is 15.9 Å². The average Bonchev–Trinajstić information content (AvgIpc) is 2.27. The number of nitriles is 1. The van der Waals surface area contributed by atoms with Crippen LogP contribution in [0.15, 0.2) is 22.7 Å². The van der Waals surface area contributed by atoms with Gasteiger partial charge in [0.1, 0.15) is 11.6 Å². The van der Waals surface area contributed by atoms with Crippen molar-refractivity contribution in [2.24, 2.45) is 0 Å². The second kappa shape index (κ2) is 4.76. The summed E-state index contributed by atoms with van der Waals surface area (Å²) in [6, 6.07) is 7.25. The summed E-state index contributed by atoms with van der Waals surface area (Å²) in [7, 11) is 1.66. The maximum Gasteiger partial charge on any atom is 0.328 e. The van der Waals surface area contributed by atoms with Crippen LogP contribution in [0.25, 0.3) is 0 Å². The van der Waals surface area contributed by atoms with Crippen LogP contribution in [-0.2, 0) is 4.79 Å². The summed E-state index contributed by atoms with van der Waals surface area (Å²) in [6.45, 7) is 3.19. The highest BCUT2D eigenvalue weighted by Gasteiger charge is 2.33. The van der Waals surface area contributed by atoms with Gasteiger partial charge in [-0.05, 0) is 32.0 Å². The number of rotatable bonds is 3. The van der Waals surface area contributed by atoms with E-state index in [1.165, 1.54) is 0 Å². The van der Waals surface area contributed by atoms with Gasteiger partial charge in [0.2, 0.25) is 0 Å².